The minimum absolute atomic E-state index is 0.365. The van der Waals surface area contributed by atoms with Crippen molar-refractivity contribution in [3.63, 3.8) is 0 Å². The fourth-order valence-corrected chi connectivity index (χ4v) is 2.25. The molecule has 1 saturated carbocycles. The number of urea groups is 1. The van der Waals surface area contributed by atoms with Crippen LogP contribution < -0.4 is 10.6 Å². The number of carboxylic acid groups (broad SMARTS) is 1. The number of aliphatic carboxylic acids is 1. The lowest BCUT2D eigenvalue weighted by Gasteiger charge is -2.38. The number of unbranched alkanes of at least 4 members (excludes halogenated alkanes) is 1. The van der Waals surface area contributed by atoms with Gasteiger partial charge in [-0.25, -0.2) is 9.59 Å². The monoisotopic (exact) mass is 260 g/mol. The van der Waals surface area contributed by atoms with E-state index in [0.29, 0.717) is 19.4 Å². The standard InChI is InChI=1S/C11H20N2O3S/c1-17-8-3-2-7-12-10(16)13-11(9(14)15)5-4-6-11/h2-8H2,1H3,(H,14,15)(H2,12,13,16). The van der Waals surface area contributed by atoms with Gasteiger partial charge in [-0.1, -0.05) is 0 Å². The molecule has 3 N–H and O–H groups in total. The zero-order valence-electron chi connectivity index (χ0n) is 10.1. The predicted octanol–water partition coefficient (Wildman–Crippen LogP) is 1.44. The van der Waals surface area contributed by atoms with Crippen molar-refractivity contribution in [2.45, 2.75) is 37.6 Å². The van der Waals surface area contributed by atoms with Gasteiger partial charge in [0, 0.05) is 6.54 Å². The Morgan fingerprint density at radius 3 is 2.53 bits per heavy atom. The third-order valence-electron chi connectivity index (χ3n) is 3.03. The number of nitrogens with one attached hydrogen (secondary N) is 2. The number of carboxylic acids is 1. The Morgan fingerprint density at radius 1 is 1.35 bits per heavy atom. The summed E-state index contributed by atoms with van der Waals surface area (Å²) in [6.45, 7) is 0.599. The van der Waals surface area contributed by atoms with E-state index in [1.807, 2.05) is 6.26 Å². The first kappa shape index (κ1) is 14.2. The second-order valence-electron chi connectivity index (χ2n) is 4.32. The molecule has 5 nitrogen and oxygen atoms in total. The molecule has 1 aliphatic rings. The molecule has 1 rings (SSSR count). The molecule has 0 spiro atoms. The number of amides is 2. The summed E-state index contributed by atoms with van der Waals surface area (Å²) in [5.41, 5.74) is -1.01. The molecule has 0 aromatic heterocycles. The number of rotatable bonds is 7. The van der Waals surface area contributed by atoms with Gasteiger partial charge in [-0.2, -0.15) is 11.8 Å². The van der Waals surface area contributed by atoms with Crippen LogP contribution >= 0.6 is 11.8 Å². The van der Waals surface area contributed by atoms with Gasteiger partial charge >= 0.3 is 12.0 Å². The average molecular weight is 260 g/mol. The van der Waals surface area contributed by atoms with Crippen LogP contribution in [-0.4, -0.2) is 41.2 Å². The van der Waals surface area contributed by atoms with Crippen molar-refractivity contribution in [1.29, 1.82) is 0 Å². The maximum atomic E-state index is 11.5. The SMILES string of the molecule is CSCCCCNC(=O)NC1(C(=O)O)CCC1. The van der Waals surface area contributed by atoms with Crippen molar-refractivity contribution >= 4 is 23.8 Å². The second kappa shape index (κ2) is 6.74. The zero-order chi connectivity index (χ0) is 12.7. The summed E-state index contributed by atoms with van der Waals surface area (Å²) in [6.07, 6.45) is 5.96. The van der Waals surface area contributed by atoms with E-state index in [2.05, 4.69) is 10.6 Å². The van der Waals surface area contributed by atoms with Gasteiger partial charge in [-0.15, -0.1) is 0 Å². The van der Waals surface area contributed by atoms with Crippen LogP contribution in [0.4, 0.5) is 4.79 Å². The van der Waals surface area contributed by atoms with Crippen LogP contribution in [0.3, 0.4) is 0 Å². The molecule has 1 aliphatic carbocycles. The molecule has 0 aromatic rings. The number of carbonyl (C=O) groups is 2. The van der Waals surface area contributed by atoms with Gasteiger partial charge in [0.1, 0.15) is 5.54 Å². The van der Waals surface area contributed by atoms with E-state index in [1.165, 1.54) is 0 Å². The molecule has 0 aliphatic heterocycles. The van der Waals surface area contributed by atoms with Crippen molar-refractivity contribution in [3.05, 3.63) is 0 Å². The summed E-state index contributed by atoms with van der Waals surface area (Å²) in [6, 6.07) is -0.365. The van der Waals surface area contributed by atoms with Gasteiger partial charge in [-0.3, -0.25) is 0 Å². The first-order chi connectivity index (χ1) is 8.10. The molecule has 0 atom stereocenters. The summed E-state index contributed by atoms with van der Waals surface area (Å²) in [5.74, 6) is 0.156. The molecule has 1 fully saturated rings. The Labute approximate surface area is 106 Å². The quantitative estimate of drug-likeness (QED) is 0.605. The van der Waals surface area contributed by atoms with Gasteiger partial charge in [0.05, 0.1) is 0 Å². The van der Waals surface area contributed by atoms with Crippen molar-refractivity contribution < 1.29 is 14.7 Å². The molecular formula is C11H20N2O3S. The molecule has 17 heavy (non-hydrogen) atoms. The smallest absolute Gasteiger partial charge is 0.329 e. The first-order valence-corrected chi connectivity index (χ1v) is 7.28. The summed E-state index contributed by atoms with van der Waals surface area (Å²) >= 11 is 1.78. The number of hydrogen-bond donors (Lipinski definition) is 3. The van der Waals surface area contributed by atoms with Crippen molar-refractivity contribution in [3.8, 4) is 0 Å². The minimum atomic E-state index is -1.01. The van der Waals surface area contributed by atoms with Crippen LogP contribution in [-0.2, 0) is 4.79 Å². The number of thioether (sulfide) groups is 1. The van der Waals surface area contributed by atoms with Crippen LogP contribution in [0, 0.1) is 0 Å². The average Bonchev–Trinajstić information content (AvgIpc) is 2.22. The Hall–Kier alpha value is -0.910. The van der Waals surface area contributed by atoms with E-state index < -0.39 is 11.5 Å². The zero-order valence-corrected chi connectivity index (χ0v) is 10.9. The molecule has 0 bridgehead atoms. The largest absolute Gasteiger partial charge is 0.480 e. The third kappa shape index (κ3) is 4.11. The lowest BCUT2D eigenvalue weighted by molar-refractivity contribution is -0.148. The highest BCUT2D eigenvalue weighted by Gasteiger charge is 2.45. The molecule has 6 heteroatoms. The Morgan fingerprint density at radius 2 is 2.06 bits per heavy atom. The first-order valence-electron chi connectivity index (χ1n) is 5.89. The van der Waals surface area contributed by atoms with Crippen LogP contribution in [0.1, 0.15) is 32.1 Å². The van der Waals surface area contributed by atoms with E-state index in [-0.39, 0.29) is 6.03 Å². The van der Waals surface area contributed by atoms with Gasteiger partial charge in [0.2, 0.25) is 0 Å². The summed E-state index contributed by atoms with van der Waals surface area (Å²) in [5, 5.41) is 14.3. The van der Waals surface area contributed by atoms with Crippen molar-refractivity contribution in [2.24, 2.45) is 0 Å². The molecule has 0 radical (unpaired) electrons. The summed E-state index contributed by atoms with van der Waals surface area (Å²) < 4.78 is 0. The Balaban J connectivity index is 2.18. The Bertz CT molecular complexity index is 280. The molecule has 0 aromatic carbocycles. The van der Waals surface area contributed by atoms with Crippen LogP contribution in [0.25, 0.3) is 0 Å². The van der Waals surface area contributed by atoms with Gasteiger partial charge < -0.3 is 15.7 Å². The predicted molar refractivity (Wildman–Crippen MR) is 68.4 cm³/mol. The minimum Gasteiger partial charge on any atom is -0.480 e. The fraction of sp³-hybridized carbons (Fsp3) is 0.818. The summed E-state index contributed by atoms with van der Waals surface area (Å²) in [7, 11) is 0. The maximum absolute atomic E-state index is 11.5. The highest BCUT2D eigenvalue weighted by atomic mass is 32.2. The Kier molecular flexibility index (Phi) is 5.61. The lowest BCUT2D eigenvalue weighted by atomic mass is 9.77. The van der Waals surface area contributed by atoms with Crippen molar-refractivity contribution in [1.82, 2.24) is 10.6 Å². The van der Waals surface area contributed by atoms with Gasteiger partial charge in [0.15, 0.2) is 0 Å². The van der Waals surface area contributed by atoms with Crippen LogP contribution in [0.5, 0.6) is 0 Å². The molecular weight excluding hydrogens is 240 g/mol. The maximum Gasteiger partial charge on any atom is 0.329 e. The molecule has 0 unspecified atom stereocenters. The molecule has 0 heterocycles. The van der Waals surface area contributed by atoms with Gasteiger partial charge in [-0.05, 0) is 44.1 Å². The third-order valence-corrected chi connectivity index (χ3v) is 3.73. The normalized spacial score (nSPS) is 17.0. The molecule has 2 amide bonds. The van der Waals surface area contributed by atoms with E-state index in [4.69, 9.17) is 5.11 Å². The highest BCUT2D eigenvalue weighted by Crippen LogP contribution is 2.31. The fourth-order valence-electron chi connectivity index (χ4n) is 1.76. The van der Waals surface area contributed by atoms with E-state index in [0.717, 1.165) is 25.0 Å². The van der Waals surface area contributed by atoms with Gasteiger partial charge in [0.25, 0.3) is 0 Å². The highest BCUT2D eigenvalue weighted by molar-refractivity contribution is 7.98. The second-order valence-corrected chi connectivity index (χ2v) is 5.31. The van der Waals surface area contributed by atoms with Crippen LogP contribution in [0.15, 0.2) is 0 Å². The summed E-state index contributed by atoms with van der Waals surface area (Å²) in [4.78, 5) is 22.5. The topological polar surface area (TPSA) is 78.4 Å². The van der Waals surface area contributed by atoms with E-state index in [9.17, 15) is 9.59 Å². The van der Waals surface area contributed by atoms with E-state index >= 15 is 0 Å². The van der Waals surface area contributed by atoms with Crippen molar-refractivity contribution in [2.75, 3.05) is 18.6 Å². The van der Waals surface area contributed by atoms with E-state index in [1.54, 1.807) is 11.8 Å². The molecule has 0 saturated heterocycles. The van der Waals surface area contributed by atoms with Crippen LogP contribution in [0.2, 0.25) is 0 Å². The lowest BCUT2D eigenvalue weighted by Crippen LogP contribution is -2.61. The number of hydrogen-bond acceptors (Lipinski definition) is 3. The number of carbonyl (C=O) groups excluding carboxylic acids is 1. The molecule has 98 valence electrons.